The molecular weight excluding hydrogens is 210 g/mol. The summed E-state index contributed by atoms with van der Waals surface area (Å²) in [5, 5.41) is 3.19. The molecule has 1 aromatic rings. The van der Waals surface area contributed by atoms with E-state index in [0.717, 1.165) is 18.5 Å². The maximum atomic E-state index is 12.1. The third-order valence-electron chi connectivity index (χ3n) is 3.52. The van der Waals surface area contributed by atoms with Crippen LogP contribution in [0.4, 0.5) is 0 Å². The predicted octanol–water partition coefficient (Wildman–Crippen LogP) is 3.14. The highest BCUT2D eigenvalue weighted by Crippen LogP contribution is 2.37. The molecule has 1 saturated carbocycles. The lowest BCUT2D eigenvalue weighted by molar-refractivity contribution is 0.0989. The molecule has 1 aliphatic rings. The summed E-state index contributed by atoms with van der Waals surface area (Å²) in [5.41, 5.74) is 2.20. The van der Waals surface area contributed by atoms with Crippen molar-refractivity contribution in [3.8, 4) is 0 Å². The standard InChI is InChI=1S/C15H21NO/c1-2-10-16-11-15(17)14-9-4-3-8-13(14)12-6-5-7-12/h3-4,8-9,12,16H,2,5-7,10-11H2,1H3. The predicted molar refractivity (Wildman–Crippen MR) is 70.5 cm³/mol. The van der Waals surface area contributed by atoms with Gasteiger partial charge in [0, 0.05) is 5.56 Å². The van der Waals surface area contributed by atoms with Crippen molar-refractivity contribution >= 4 is 5.78 Å². The number of carbonyl (C=O) groups is 1. The molecule has 1 N–H and O–H groups in total. The Morgan fingerprint density at radius 2 is 2.12 bits per heavy atom. The number of Topliss-reactive ketones (excluding diaryl/α,β-unsaturated/α-hetero) is 1. The van der Waals surface area contributed by atoms with Crippen LogP contribution in [0.5, 0.6) is 0 Å². The molecular formula is C15H21NO. The Morgan fingerprint density at radius 3 is 2.76 bits per heavy atom. The van der Waals surface area contributed by atoms with Crippen molar-refractivity contribution in [2.75, 3.05) is 13.1 Å². The number of hydrogen-bond acceptors (Lipinski definition) is 2. The second kappa shape index (κ2) is 5.97. The van der Waals surface area contributed by atoms with Crippen LogP contribution >= 0.6 is 0 Å². The van der Waals surface area contributed by atoms with Gasteiger partial charge in [0.25, 0.3) is 0 Å². The lowest BCUT2D eigenvalue weighted by Crippen LogP contribution is -2.25. The average Bonchev–Trinajstić information content (AvgIpc) is 2.28. The van der Waals surface area contributed by atoms with E-state index in [1.54, 1.807) is 0 Å². The molecule has 92 valence electrons. The van der Waals surface area contributed by atoms with Gasteiger partial charge in [-0.05, 0) is 37.3 Å². The van der Waals surface area contributed by atoms with Crippen LogP contribution in [0.2, 0.25) is 0 Å². The highest BCUT2D eigenvalue weighted by molar-refractivity contribution is 5.99. The van der Waals surface area contributed by atoms with Crippen LogP contribution in [0, 0.1) is 0 Å². The lowest BCUT2D eigenvalue weighted by atomic mass is 9.77. The van der Waals surface area contributed by atoms with Crippen LogP contribution < -0.4 is 5.32 Å². The van der Waals surface area contributed by atoms with E-state index in [1.807, 2.05) is 18.2 Å². The van der Waals surface area contributed by atoms with Crippen molar-refractivity contribution < 1.29 is 4.79 Å². The molecule has 0 aliphatic heterocycles. The number of hydrogen-bond donors (Lipinski definition) is 1. The van der Waals surface area contributed by atoms with Gasteiger partial charge < -0.3 is 5.32 Å². The summed E-state index contributed by atoms with van der Waals surface area (Å²) < 4.78 is 0. The van der Waals surface area contributed by atoms with Crippen LogP contribution in [0.15, 0.2) is 24.3 Å². The van der Waals surface area contributed by atoms with Gasteiger partial charge in [-0.25, -0.2) is 0 Å². The molecule has 1 fully saturated rings. The molecule has 0 saturated heterocycles. The Balaban J connectivity index is 2.05. The van der Waals surface area contributed by atoms with E-state index < -0.39 is 0 Å². The third kappa shape index (κ3) is 2.95. The SMILES string of the molecule is CCCNCC(=O)c1ccccc1C1CCC1. The summed E-state index contributed by atoms with van der Waals surface area (Å²) in [4.78, 5) is 12.1. The highest BCUT2D eigenvalue weighted by atomic mass is 16.1. The van der Waals surface area contributed by atoms with Crippen molar-refractivity contribution in [1.82, 2.24) is 5.32 Å². The first kappa shape index (κ1) is 12.3. The Morgan fingerprint density at radius 1 is 1.35 bits per heavy atom. The Hall–Kier alpha value is -1.15. The van der Waals surface area contributed by atoms with Crippen molar-refractivity contribution in [2.45, 2.75) is 38.5 Å². The molecule has 0 atom stereocenters. The minimum Gasteiger partial charge on any atom is -0.310 e. The van der Waals surface area contributed by atoms with Gasteiger partial charge in [0.2, 0.25) is 0 Å². The van der Waals surface area contributed by atoms with Gasteiger partial charge in [0.05, 0.1) is 6.54 Å². The third-order valence-corrected chi connectivity index (χ3v) is 3.52. The summed E-state index contributed by atoms with van der Waals surface area (Å²) in [6, 6.07) is 8.11. The molecule has 0 amide bonds. The topological polar surface area (TPSA) is 29.1 Å². The van der Waals surface area contributed by atoms with Crippen LogP contribution in [0.1, 0.15) is 54.4 Å². The number of nitrogens with one attached hydrogen (secondary N) is 1. The van der Waals surface area contributed by atoms with Crippen molar-refractivity contribution in [3.63, 3.8) is 0 Å². The van der Waals surface area contributed by atoms with E-state index in [4.69, 9.17) is 0 Å². The molecule has 0 heterocycles. The number of benzene rings is 1. The van der Waals surface area contributed by atoms with Crippen molar-refractivity contribution in [2.24, 2.45) is 0 Å². The first-order chi connectivity index (χ1) is 8.33. The number of ketones is 1. The zero-order chi connectivity index (χ0) is 12.1. The molecule has 0 unspecified atom stereocenters. The maximum Gasteiger partial charge on any atom is 0.176 e. The van der Waals surface area contributed by atoms with Gasteiger partial charge in [0.15, 0.2) is 5.78 Å². The molecule has 2 nitrogen and oxygen atoms in total. The molecule has 0 bridgehead atoms. The second-order valence-corrected chi connectivity index (χ2v) is 4.82. The van der Waals surface area contributed by atoms with Gasteiger partial charge in [0.1, 0.15) is 0 Å². The Bertz CT molecular complexity index is 382. The van der Waals surface area contributed by atoms with E-state index in [1.165, 1.54) is 24.8 Å². The molecule has 1 aliphatic carbocycles. The fourth-order valence-electron chi connectivity index (χ4n) is 2.30. The summed E-state index contributed by atoms with van der Waals surface area (Å²) >= 11 is 0. The van der Waals surface area contributed by atoms with E-state index >= 15 is 0 Å². The molecule has 1 aromatic carbocycles. The fourth-order valence-corrected chi connectivity index (χ4v) is 2.30. The smallest absolute Gasteiger partial charge is 0.176 e. The quantitative estimate of drug-likeness (QED) is 0.602. The van der Waals surface area contributed by atoms with E-state index in [-0.39, 0.29) is 5.78 Å². The molecule has 2 rings (SSSR count). The Kier molecular flexibility index (Phi) is 4.32. The zero-order valence-corrected chi connectivity index (χ0v) is 10.5. The molecule has 0 spiro atoms. The number of carbonyl (C=O) groups excluding carboxylic acids is 1. The molecule has 0 aromatic heterocycles. The monoisotopic (exact) mass is 231 g/mol. The summed E-state index contributed by atoms with van der Waals surface area (Å²) in [7, 11) is 0. The van der Waals surface area contributed by atoms with Gasteiger partial charge >= 0.3 is 0 Å². The van der Waals surface area contributed by atoms with Gasteiger partial charge in [-0.1, -0.05) is 37.6 Å². The second-order valence-electron chi connectivity index (χ2n) is 4.82. The van der Waals surface area contributed by atoms with Crippen molar-refractivity contribution in [1.29, 1.82) is 0 Å². The lowest BCUT2D eigenvalue weighted by Gasteiger charge is -2.27. The average molecular weight is 231 g/mol. The van der Waals surface area contributed by atoms with E-state index in [9.17, 15) is 4.79 Å². The minimum atomic E-state index is 0.237. The molecule has 0 radical (unpaired) electrons. The summed E-state index contributed by atoms with van der Waals surface area (Å²) in [5.74, 6) is 0.863. The fraction of sp³-hybridized carbons (Fsp3) is 0.533. The van der Waals surface area contributed by atoms with Crippen LogP contribution in [-0.2, 0) is 0 Å². The first-order valence-corrected chi connectivity index (χ1v) is 6.65. The van der Waals surface area contributed by atoms with E-state index in [0.29, 0.717) is 12.5 Å². The van der Waals surface area contributed by atoms with Crippen LogP contribution in [-0.4, -0.2) is 18.9 Å². The molecule has 17 heavy (non-hydrogen) atoms. The van der Waals surface area contributed by atoms with Crippen LogP contribution in [0.3, 0.4) is 0 Å². The van der Waals surface area contributed by atoms with Gasteiger partial charge in [-0.3, -0.25) is 4.79 Å². The molecule has 2 heteroatoms. The minimum absolute atomic E-state index is 0.237. The van der Waals surface area contributed by atoms with Gasteiger partial charge in [-0.2, -0.15) is 0 Å². The summed E-state index contributed by atoms with van der Waals surface area (Å²) in [6.07, 6.45) is 4.86. The van der Waals surface area contributed by atoms with Gasteiger partial charge in [-0.15, -0.1) is 0 Å². The Labute approximate surface area is 103 Å². The van der Waals surface area contributed by atoms with E-state index in [2.05, 4.69) is 18.3 Å². The normalized spacial score (nSPS) is 15.6. The summed E-state index contributed by atoms with van der Waals surface area (Å²) in [6.45, 7) is 3.49. The van der Waals surface area contributed by atoms with Crippen LogP contribution in [0.25, 0.3) is 0 Å². The first-order valence-electron chi connectivity index (χ1n) is 6.65. The highest BCUT2D eigenvalue weighted by Gasteiger charge is 2.23. The largest absolute Gasteiger partial charge is 0.310 e. The maximum absolute atomic E-state index is 12.1. The van der Waals surface area contributed by atoms with Crippen molar-refractivity contribution in [3.05, 3.63) is 35.4 Å². The zero-order valence-electron chi connectivity index (χ0n) is 10.5. The number of rotatable bonds is 6.